The molecule has 1 heterocycles. The van der Waals surface area contributed by atoms with Crippen molar-refractivity contribution in [3.05, 3.63) is 17.6 Å². The molecule has 1 saturated carbocycles. The Labute approximate surface area is 108 Å². The van der Waals surface area contributed by atoms with Gasteiger partial charge in [0.15, 0.2) is 0 Å². The molecule has 1 N–H and O–H groups in total. The third kappa shape index (κ3) is 2.34. The first-order valence-electron chi connectivity index (χ1n) is 7.07. The predicted molar refractivity (Wildman–Crippen MR) is 70.7 cm³/mol. The van der Waals surface area contributed by atoms with E-state index in [0.717, 1.165) is 38.1 Å². The number of rotatable bonds is 4. The maximum absolute atomic E-state index is 5.59. The van der Waals surface area contributed by atoms with E-state index in [-0.39, 0.29) is 0 Å². The van der Waals surface area contributed by atoms with Crippen LogP contribution in [-0.2, 0) is 17.6 Å². The van der Waals surface area contributed by atoms with Crippen molar-refractivity contribution in [2.24, 2.45) is 0 Å². The fraction of sp³-hybridized carbons (Fsp3) is 0.714. The maximum atomic E-state index is 5.59. The van der Waals surface area contributed by atoms with Crippen LogP contribution >= 0.6 is 0 Å². The van der Waals surface area contributed by atoms with Gasteiger partial charge in [0.1, 0.15) is 12.1 Å². The van der Waals surface area contributed by atoms with Gasteiger partial charge < -0.3 is 10.1 Å². The van der Waals surface area contributed by atoms with Crippen LogP contribution in [0.25, 0.3) is 0 Å². The molecule has 0 saturated heterocycles. The SMILES string of the molecule is CCOC1CC(Nc2ncnc3c2CCCC3)C1. The minimum Gasteiger partial charge on any atom is -0.378 e. The number of nitrogens with zero attached hydrogens (tertiary/aromatic N) is 2. The highest BCUT2D eigenvalue weighted by atomic mass is 16.5. The van der Waals surface area contributed by atoms with Crippen molar-refractivity contribution in [1.82, 2.24) is 9.97 Å². The second kappa shape index (κ2) is 5.22. The third-order valence-electron chi connectivity index (χ3n) is 3.96. The predicted octanol–water partition coefficient (Wildman–Crippen LogP) is 2.33. The van der Waals surface area contributed by atoms with E-state index >= 15 is 0 Å². The Kier molecular flexibility index (Phi) is 3.46. The monoisotopic (exact) mass is 247 g/mol. The van der Waals surface area contributed by atoms with Crippen molar-refractivity contribution in [3.63, 3.8) is 0 Å². The van der Waals surface area contributed by atoms with Gasteiger partial charge in [-0.3, -0.25) is 0 Å². The van der Waals surface area contributed by atoms with Gasteiger partial charge >= 0.3 is 0 Å². The fourth-order valence-electron chi connectivity index (χ4n) is 2.89. The summed E-state index contributed by atoms with van der Waals surface area (Å²) in [6, 6.07) is 0.530. The van der Waals surface area contributed by atoms with Crippen molar-refractivity contribution < 1.29 is 4.74 Å². The van der Waals surface area contributed by atoms with Gasteiger partial charge in [-0.15, -0.1) is 0 Å². The molecule has 0 aliphatic heterocycles. The van der Waals surface area contributed by atoms with Crippen molar-refractivity contribution in [1.29, 1.82) is 0 Å². The molecule has 98 valence electrons. The Morgan fingerprint density at radius 3 is 2.94 bits per heavy atom. The third-order valence-corrected chi connectivity index (χ3v) is 3.96. The normalized spacial score (nSPS) is 26.3. The van der Waals surface area contributed by atoms with E-state index < -0.39 is 0 Å². The fourth-order valence-corrected chi connectivity index (χ4v) is 2.89. The van der Waals surface area contributed by atoms with Crippen molar-refractivity contribution in [3.8, 4) is 0 Å². The molecule has 1 aromatic heterocycles. The lowest BCUT2D eigenvalue weighted by molar-refractivity contribution is 0.00290. The van der Waals surface area contributed by atoms with Gasteiger partial charge in [0.2, 0.25) is 0 Å². The second-order valence-corrected chi connectivity index (χ2v) is 5.24. The van der Waals surface area contributed by atoms with E-state index in [4.69, 9.17) is 4.74 Å². The summed E-state index contributed by atoms with van der Waals surface area (Å²) in [7, 11) is 0. The Morgan fingerprint density at radius 2 is 2.11 bits per heavy atom. The minimum absolute atomic E-state index is 0.449. The molecule has 0 spiro atoms. The first-order valence-corrected chi connectivity index (χ1v) is 7.07. The largest absolute Gasteiger partial charge is 0.378 e. The molecular weight excluding hydrogens is 226 g/mol. The lowest BCUT2D eigenvalue weighted by atomic mass is 9.88. The summed E-state index contributed by atoms with van der Waals surface area (Å²) < 4.78 is 5.59. The smallest absolute Gasteiger partial charge is 0.133 e. The van der Waals surface area contributed by atoms with Crippen molar-refractivity contribution >= 4 is 5.82 Å². The van der Waals surface area contributed by atoms with Crippen LogP contribution in [0.1, 0.15) is 43.9 Å². The van der Waals surface area contributed by atoms with Crippen LogP contribution in [0.3, 0.4) is 0 Å². The molecule has 0 atom stereocenters. The van der Waals surface area contributed by atoms with Crippen LogP contribution in [-0.4, -0.2) is 28.7 Å². The highest BCUT2D eigenvalue weighted by molar-refractivity contribution is 5.48. The zero-order valence-electron chi connectivity index (χ0n) is 11.0. The van der Waals surface area contributed by atoms with Gasteiger partial charge in [-0.25, -0.2) is 9.97 Å². The summed E-state index contributed by atoms with van der Waals surface area (Å²) in [6.45, 7) is 2.88. The summed E-state index contributed by atoms with van der Waals surface area (Å²) in [6.07, 6.45) is 9.12. The van der Waals surface area contributed by atoms with Gasteiger partial charge in [-0.1, -0.05) is 0 Å². The van der Waals surface area contributed by atoms with E-state index in [0.29, 0.717) is 12.1 Å². The van der Waals surface area contributed by atoms with Gasteiger partial charge in [0, 0.05) is 23.9 Å². The van der Waals surface area contributed by atoms with Crippen LogP contribution in [0.4, 0.5) is 5.82 Å². The topological polar surface area (TPSA) is 47.0 Å². The van der Waals surface area contributed by atoms with Crippen molar-refractivity contribution in [2.45, 2.75) is 57.6 Å². The number of aromatic nitrogens is 2. The lowest BCUT2D eigenvalue weighted by Gasteiger charge is -2.36. The van der Waals surface area contributed by atoms with Crippen LogP contribution in [0.2, 0.25) is 0 Å². The Morgan fingerprint density at radius 1 is 1.28 bits per heavy atom. The zero-order chi connectivity index (χ0) is 12.4. The molecule has 3 rings (SSSR count). The quantitative estimate of drug-likeness (QED) is 0.887. The second-order valence-electron chi connectivity index (χ2n) is 5.24. The molecule has 1 aromatic rings. The van der Waals surface area contributed by atoms with Crippen LogP contribution in [0, 0.1) is 0 Å². The van der Waals surface area contributed by atoms with E-state index in [2.05, 4.69) is 22.2 Å². The highest BCUT2D eigenvalue weighted by Gasteiger charge is 2.30. The molecule has 0 bridgehead atoms. The van der Waals surface area contributed by atoms with Crippen molar-refractivity contribution in [2.75, 3.05) is 11.9 Å². The van der Waals surface area contributed by atoms with Gasteiger partial charge in [-0.2, -0.15) is 0 Å². The van der Waals surface area contributed by atoms with Crippen LogP contribution in [0.15, 0.2) is 6.33 Å². The molecule has 0 amide bonds. The van der Waals surface area contributed by atoms with Crippen LogP contribution in [0.5, 0.6) is 0 Å². The summed E-state index contributed by atoms with van der Waals surface area (Å²) in [5.74, 6) is 1.07. The molecule has 4 nitrogen and oxygen atoms in total. The minimum atomic E-state index is 0.449. The number of ether oxygens (including phenoxy) is 1. The van der Waals surface area contributed by atoms with Gasteiger partial charge in [0.05, 0.1) is 6.10 Å². The van der Waals surface area contributed by atoms with E-state index in [9.17, 15) is 0 Å². The number of aryl methyl sites for hydroxylation is 1. The molecular formula is C14H21N3O. The van der Waals surface area contributed by atoms with E-state index in [1.807, 2.05) is 0 Å². The summed E-state index contributed by atoms with van der Waals surface area (Å²) in [5.41, 5.74) is 2.60. The Hall–Kier alpha value is -1.16. The van der Waals surface area contributed by atoms with Gasteiger partial charge in [-0.05, 0) is 45.4 Å². The summed E-state index contributed by atoms with van der Waals surface area (Å²) in [5, 5.41) is 3.56. The average molecular weight is 247 g/mol. The maximum Gasteiger partial charge on any atom is 0.133 e. The van der Waals surface area contributed by atoms with Gasteiger partial charge in [0.25, 0.3) is 0 Å². The molecule has 0 radical (unpaired) electrons. The van der Waals surface area contributed by atoms with E-state index in [1.54, 1.807) is 6.33 Å². The number of nitrogens with one attached hydrogen (secondary N) is 1. The van der Waals surface area contributed by atoms with E-state index in [1.165, 1.54) is 24.1 Å². The summed E-state index contributed by atoms with van der Waals surface area (Å²) >= 11 is 0. The average Bonchev–Trinajstić information content (AvgIpc) is 2.37. The Balaban J connectivity index is 1.63. The standard InChI is InChI=1S/C14H21N3O/c1-2-18-11-7-10(8-11)17-14-12-5-3-4-6-13(12)15-9-16-14/h9-11H,2-8H2,1H3,(H,15,16,17). The molecule has 1 fully saturated rings. The molecule has 18 heavy (non-hydrogen) atoms. The molecule has 0 aromatic carbocycles. The molecule has 4 heteroatoms. The number of anilines is 1. The molecule has 0 unspecified atom stereocenters. The first kappa shape index (κ1) is 11.9. The number of hydrogen-bond acceptors (Lipinski definition) is 4. The van der Waals surface area contributed by atoms with Crippen LogP contribution < -0.4 is 5.32 Å². The first-order chi connectivity index (χ1) is 8.86. The zero-order valence-corrected chi connectivity index (χ0v) is 11.0. The molecule has 2 aliphatic carbocycles. The Bertz CT molecular complexity index is 416. The molecule has 2 aliphatic rings. The number of hydrogen-bond donors (Lipinski definition) is 1. The number of fused-ring (bicyclic) bond motifs is 1. The lowest BCUT2D eigenvalue weighted by Crippen LogP contribution is -2.41. The summed E-state index contributed by atoms with van der Waals surface area (Å²) in [4.78, 5) is 8.82. The highest BCUT2D eigenvalue weighted by Crippen LogP contribution is 2.30.